The molecule has 0 fully saturated rings. The van der Waals surface area contributed by atoms with Gasteiger partial charge in [0.05, 0.1) is 5.69 Å². The van der Waals surface area contributed by atoms with Gasteiger partial charge in [-0.15, -0.1) is 10.2 Å². The van der Waals surface area contributed by atoms with Crippen molar-refractivity contribution in [2.24, 2.45) is 0 Å². The minimum atomic E-state index is 0.628. The van der Waals surface area contributed by atoms with Gasteiger partial charge in [0.25, 0.3) is 0 Å². The van der Waals surface area contributed by atoms with Crippen LogP contribution in [0.1, 0.15) is 5.69 Å². The first-order valence-electron chi connectivity index (χ1n) is 5.28. The third-order valence-electron chi connectivity index (χ3n) is 2.72. The molecule has 17 heavy (non-hydrogen) atoms. The zero-order valence-corrected chi connectivity index (χ0v) is 9.33. The van der Waals surface area contributed by atoms with Crippen LogP contribution in [0, 0.1) is 6.92 Å². The lowest BCUT2D eigenvalue weighted by atomic mass is 10.2. The minimum Gasteiger partial charge on any atom is -0.396 e. The van der Waals surface area contributed by atoms with Crippen LogP contribution in [0.2, 0.25) is 0 Å². The van der Waals surface area contributed by atoms with E-state index in [0.717, 1.165) is 17.1 Å². The van der Waals surface area contributed by atoms with Crippen LogP contribution < -0.4 is 5.73 Å². The van der Waals surface area contributed by atoms with E-state index in [0.29, 0.717) is 11.3 Å². The monoisotopic (exact) mass is 225 g/mol. The van der Waals surface area contributed by atoms with Crippen LogP contribution in [0.5, 0.6) is 0 Å². The number of aromatic nitrogens is 4. The highest BCUT2D eigenvalue weighted by Gasteiger charge is 2.11. The van der Waals surface area contributed by atoms with E-state index in [1.54, 1.807) is 12.4 Å². The average Bonchev–Trinajstić information content (AvgIpc) is 2.81. The second-order valence-electron chi connectivity index (χ2n) is 3.85. The van der Waals surface area contributed by atoms with Crippen LogP contribution >= 0.6 is 0 Å². The Labute approximate surface area is 97.9 Å². The second kappa shape index (κ2) is 3.55. The Bertz CT molecular complexity index is 672. The molecule has 5 heteroatoms. The van der Waals surface area contributed by atoms with Gasteiger partial charge in [0.1, 0.15) is 0 Å². The molecule has 0 aliphatic carbocycles. The first-order valence-corrected chi connectivity index (χ1v) is 5.28. The van der Waals surface area contributed by atoms with E-state index in [2.05, 4.69) is 15.2 Å². The number of aryl methyl sites for hydroxylation is 1. The van der Waals surface area contributed by atoms with E-state index in [1.165, 1.54) is 0 Å². The normalized spacial score (nSPS) is 10.9. The molecule has 5 nitrogen and oxygen atoms in total. The number of hydrogen-bond acceptors (Lipinski definition) is 4. The quantitative estimate of drug-likeness (QED) is 0.684. The molecule has 2 N–H and O–H groups in total. The fourth-order valence-electron chi connectivity index (χ4n) is 1.85. The molecule has 0 aliphatic rings. The molecule has 0 aliphatic heterocycles. The minimum absolute atomic E-state index is 0.628. The summed E-state index contributed by atoms with van der Waals surface area (Å²) in [6.45, 7) is 2.00. The van der Waals surface area contributed by atoms with Crippen LogP contribution in [0.4, 0.5) is 5.69 Å². The summed E-state index contributed by atoms with van der Waals surface area (Å²) < 4.78 is 1.95. The molecule has 3 rings (SSSR count). The van der Waals surface area contributed by atoms with Gasteiger partial charge < -0.3 is 5.73 Å². The summed E-state index contributed by atoms with van der Waals surface area (Å²) in [6, 6.07) is 7.60. The van der Waals surface area contributed by atoms with Gasteiger partial charge in [-0.1, -0.05) is 0 Å². The van der Waals surface area contributed by atoms with Crippen molar-refractivity contribution in [2.75, 3.05) is 5.73 Å². The summed E-state index contributed by atoms with van der Waals surface area (Å²) in [7, 11) is 0. The third kappa shape index (κ3) is 1.44. The molecule has 84 valence electrons. The average molecular weight is 225 g/mol. The molecule has 0 saturated carbocycles. The molecule has 3 aromatic rings. The lowest BCUT2D eigenvalue weighted by Gasteiger charge is -2.04. The zero-order valence-electron chi connectivity index (χ0n) is 9.33. The second-order valence-corrected chi connectivity index (χ2v) is 3.85. The Morgan fingerprint density at radius 3 is 2.59 bits per heavy atom. The van der Waals surface area contributed by atoms with Gasteiger partial charge in [-0.25, -0.2) is 0 Å². The summed E-state index contributed by atoms with van der Waals surface area (Å²) in [5, 5.41) is 8.32. The van der Waals surface area contributed by atoms with Gasteiger partial charge in [-0.2, -0.15) is 0 Å². The molecule has 0 aromatic carbocycles. The fourth-order valence-corrected chi connectivity index (χ4v) is 1.85. The Morgan fingerprint density at radius 2 is 1.82 bits per heavy atom. The van der Waals surface area contributed by atoms with E-state index < -0.39 is 0 Å². The Morgan fingerprint density at radius 1 is 1.06 bits per heavy atom. The smallest absolute Gasteiger partial charge is 0.184 e. The number of pyridine rings is 2. The van der Waals surface area contributed by atoms with Crippen LogP contribution in [0.25, 0.3) is 17.0 Å². The van der Waals surface area contributed by atoms with Crippen LogP contribution in [-0.2, 0) is 0 Å². The summed E-state index contributed by atoms with van der Waals surface area (Å²) >= 11 is 0. The van der Waals surface area contributed by atoms with Gasteiger partial charge in [0, 0.05) is 23.7 Å². The molecule has 0 saturated heterocycles. The maximum Gasteiger partial charge on any atom is 0.184 e. The summed E-state index contributed by atoms with van der Waals surface area (Å²) in [4.78, 5) is 3.99. The molecular formula is C12H11N5. The molecule has 3 aromatic heterocycles. The predicted molar refractivity (Wildman–Crippen MR) is 65.4 cm³/mol. The molecule has 0 radical (unpaired) electrons. The Hall–Kier alpha value is -2.43. The Balaban J connectivity index is 2.36. The highest BCUT2D eigenvalue weighted by molar-refractivity contribution is 5.69. The maximum atomic E-state index is 5.88. The molecule has 0 bridgehead atoms. The van der Waals surface area contributed by atoms with Crippen molar-refractivity contribution in [2.45, 2.75) is 6.92 Å². The largest absolute Gasteiger partial charge is 0.396 e. The molecule has 3 heterocycles. The van der Waals surface area contributed by atoms with E-state index in [1.807, 2.05) is 35.6 Å². The van der Waals surface area contributed by atoms with Gasteiger partial charge in [0.15, 0.2) is 11.5 Å². The topological polar surface area (TPSA) is 69.1 Å². The Kier molecular flexibility index (Phi) is 2.04. The highest BCUT2D eigenvalue weighted by atomic mass is 15.3. The fraction of sp³-hybridized carbons (Fsp3) is 0.0833. The highest BCUT2D eigenvalue weighted by Crippen LogP contribution is 2.22. The first kappa shape index (κ1) is 9.77. The summed E-state index contributed by atoms with van der Waals surface area (Å²) in [5.41, 5.74) is 9.22. The maximum absolute atomic E-state index is 5.88. The van der Waals surface area contributed by atoms with Crippen molar-refractivity contribution in [3.05, 3.63) is 42.4 Å². The van der Waals surface area contributed by atoms with E-state index >= 15 is 0 Å². The van der Waals surface area contributed by atoms with Crippen LogP contribution in [0.3, 0.4) is 0 Å². The predicted octanol–water partition coefficient (Wildman–Crippen LogP) is 1.68. The SMILES string of the molecule is Cc1ccc(N)c2nnc(-c3ccncc3)n12. The van der Waals surface area contributed by atoms with Crippen LogP contribution in [0.15, 0.2) is 36.7 Å². The number of fused-ring (bicyclic) bond motifs is 1. The molecule has 0 unspecified atom stereocenters. The van der Waals surface area contributed by atoms with Crippen molar-refractivity contribution < 1.29 is 0 Å². The number of rotatable bonds is 1. The van der Waals surface area contributed by atoms with Crippen molar-refractivity contribution in [1.82, 2.24) is 19.6 Å². The van der Waals surface area contributed by atoms with Gasteiger partial charge in [-0.05, 0) is 31.2 Å². The van der Waals surface area contributed by atoms with Gasteiger partial charge in [0.2, 0.25) is 0 Å². The van der Waals surface area contributed by atoms with E-state index in [-0.39, 0.29) is 0 Å². The van der Waals surface area contributed by atoms with Crippen molar-refractivity contribution in [1.29, 1.82) is 0 Å². The molecule has 0 atom stereocenters. The summed E-state index contributed by atoms with van der Waals surface area (Å²) in [5.74, 6) is 0.784. The standard InChI is InChI=1S/C12H11N5/c1-8-2-3-10(13)12-16-15-11(17(8)12)9-4-6-14-7-5-9/h2-7H,13H2,1H3. The number of anilines is 1. The van der Waals surface area contributed by atoms with E-state index in [9.17, 15) is 0 Å². The number of nitrogens with two attached hydrogens (primary N) is 1. The van der Waals surface area contributed by atoms with Gasteiger partial charge >= 0.3 is 0 Å². The summed E-state index contributed by atoms with van der Waals surface area (Å²) in [6.07, 6.45) is 3.47. The molecular weight excluding hydrogens is 214 g/mol. The number of nitrogen functional groups attached to an aromatic ring is 1. The third-order valence-corrected chi connectivity index (χ3v) is 2.72. The number of hydrogen-bond donors (Lipinski definition) is 1. The first-order chi connectivity index (χ1) is 8.27. The van der Waals surface area contributed by atoms with Crippen molar-refractivity contribution in [3.63, 3.8) is 0 Å². The number of nitrogens with zero attached hydrogens (tertiary/aromatic N) is 4. The molecule has 0 amide bonds. The van der Waals surface area contributed by atoms with Gasteiger partial charge in [-0.3, -0.25) is 9.38 Å². The lowest BCUT2D eigenvalue weighted by molar-refractivity contribution is 1.08. The van der Waals surface area contributed by atoms with Crippen molar-refractivity contribution >= 4 is 11.3 Å². The van der Waals surface area contributed by atoms with Crippen molar-refractivity contribution in [3.8, 4) is 11.4 Å². The lowest BCUT2D eigenvalue weighted by Crippen LogP contribution is -1.97. The van der Waals surface area contributed by atoms with E-state index in [4.69, 9.17) is 5.73 Å². The zero-order chi connectivity index (χ0) is 11.8. The molecule has 0 spiro atoms. The van der Waals surface area contributed by atoms with Crippen LogP contribution in [-0.4, -0.2) is 19.6 Å².